The standard InChI is InChI=1S/C14H7BrClNO2S/c15-13-4-3-12(20-13)11(18)6-9-8-5-7(16)1-2-10(8)17-14(9)19/h1-6H,(H,17,19)/b9-6-. The topological polar surface area (TPSA) is 46.2 Å². The first-order chi connectivity index (χ1) is 9.54. The minimum atomic E-state index is -0.286. The second kappa shape index (κ2) is 5.16. The molecule has 0 aliphatic carbocycles. The molecule has 1 aliphatic heterocycles. The Morgan fingerprint density at radius 3 is 2.80 bits per heavy atom. The number of hydrogen-bond acceptors (Lipinski definition) is 3. The summed E-state index contributed by atoms with van der Waals surface area (Å²) in [5.74, 6) is -0.482. The summed E-state index contributed by atoms with van der Waals surface area (Å²) in [7, 11) is 0. The van der Waals surface area contributed by atoms with Gasteiger partial charge in [-0.25, -0.2) is 0 Å². The molecule has 2 aromatic rings. The molecule has 3 nitrogen and oxygen atoms in total. The molecule has 3 rings (SSSR count). The number of rotatable bonds is 2. The highest BCUT2D eigenvalue weighted by molar-refractivity contribution is 9.11. The number of nitrogens with one attached hydrogen (secondary N) is 1. The smallest absolute Gasteiger partial charge is 0.256 e. The fourth-order valence-electron chi connectivity index (χ4n) is 1.95. The van der Waals surface area contributed by atoms with E-state index in [4.69, 9.17) is 11.6 Å². The average Bonchev–Trinajstić information content (AvgIpc) is 2.95. The van der Waals surface area contributed by atoms with Crippen LogP contribution in [0.4, 0.5) is 5.69 Å². The summed E-state index contributed by atoms with van der Waals surface area (Å²) in [5, 5.41) is 3.24. The van der Waals surface area contributed by atoms with Gasteiger partial charge >= 0.3 is 0 Å². The van der Waals surface area contributed by atoms with Crippen LogP contribution in [-0.2, 0) is 4.79 Å². The fourth-order valence-corrected chi connectivity index (χ4v) is 3.42. The first-order valence-corrected chi connectivity index (χ1v) is 7.66. The zero-order valence-corrected chi connectivity index (χ0v) is 13.1. The van der Waals surface area contributed by atoms with E-state index in [0.29, 0.717) is 26.7 Å². The van der Waals surface area contributed by atoms with E-state index in [1.54, 1.807) is 30.3 Å². The lowest BCUT2D eigenvalue weighted by molar-refractivity contribution is -0.110. The molecule has 0 radical (unpaired) electrons. The Morgan fingerprint density at radius 1 is 1.30 bits per heavy atom. The lowest BCUT2D eigenvalue weighted by Gasteiger charge is -1.98. The molecular formula is C14H7BrClNO2S. The van der Waals surface area contributed by atoms with Crippen molar-refractivity contribution in [1.29, 1.82) is 0 Å². The van der Waals surface area contributed by atoms with Gasteiger partial charge in [0.2, 0.25) is 0 Å². The highest BCUT2D eigenvalue weighted by Gasteiger charge is 2.25. The van der Waals surface area contributed by atoms with Crippen molar-refractivity contribution in [2.45, 2.75) is 0 Å². The maximum absolute atomic E-state index is 12.2. The van der Waals surface area contributed by atoms with Crippen LogP contribution >= 0.6 is 38.9 Å². The molecular weight excluding hydrogens is 362 g/mol. The number of thiophene rings is 1. The van der Waals surface area contributed by atoms with Crippen LogP contribution < -0.4 is 5.32 Å². The van der Waals surface area contributed by atoms with Crippen LogP contribution in [0.2, 0.25) is 5.02 Å². The van der Waals surface area contributed by atoms with Crippen LogP contribution in [0.25, 0.3) is 5.57 Å². The number of anilines is 1. The predicted octanol–water partition coefficient (Wildman–Crippen LogP) is 4.38. The number of halogens is 2. The van der Waals surface area contributed by atoms with Crippen LogP contribution in [0.15, 0.2) is 40.2 Å². The van der Waals surface area contributed by atoms with Crippen molar-refractivity contribution in [1.82, 2.24) is 0 Å². The highest BCUT2D eigenvalue weighted by Crippen LogP contribution is 2.34. The zero-order chi connectivity index (χ0) is 14.3. The SMILES string of the molecule is O=C1Nc2ccc(Cl)cc2/C1=C/C(=O)c1ccc(Br)s1. The molecule has 0 fully saturated rings. The Labute approximate surface area is 132 Å². The molecule has 100 valence electrons. The summed E-state index contributed by atoms with van der Waals surface area (Å²) >= 11 is 10.6. The molecule has 1 aromatic carbocycles. The normalized spacial score (nSPS) is 15.3. The highest BCUT2D eigenvalue weighted by atomic mass is 79.9. The number of hydrogen-bond donors (Lipinski definition) is 1. The number of fused-ring (bicyclic) bond motifs is 1. The molecule has 2 heterocycles. The van der Waals surface area contributed by atoms with Crippen molar-refractivity contribution in [2.24, 2.45) is 0 Å². The van der Waals surface area contributed by atoms with E-state index in [0.717, 1.165) is 3.79 Å². The van der Waals surface area contributed by atoms with Crippen LogP contribution in [0.3, 0.4) is 0 Å². The monoisotopic (exact) mass is 367 g/mol. The molecule has 0 spiro atoms. The van der Waals surface area contributed by atoms with Crippen molar-refractivity contribution >= 4 is 61.8 Å². The first kappa shape index (κ1) is 13.5. The molecule has 0 saturated heterocycles. The van der Waals surface area contributed by atoms with E-state index in [2.05, 4.69) is 21.2 Å². The van der Waals surface area contributed by atoms with Crippen molar-refractivity contribution in [3.05, 3.63) is 55.7 Å². The molecule has 1 aromatic heterocycles. The molecule has 6 heteroatoms. The summed E-state index contributed by atoms with van der Waals surface area (Å²) in [6, 6.07) is 8.62. The van der Waals surface area contributed by atoms with Crippen LogP contribution in [0.5, 0.6) is 0 Å². The molecule has 1 N–H and O–H groups in total. The van der Waals surface area contributed by atoms with E-state index in [-0.39, 0.29) is 11.7 Å². The number of ketones is 1. The van der Waals surface area contributed by atoms with E-state index < -0.39 is 0 Å². The Kier molecular flexibility index (Phi) is 3.50. The van der Waals surface area contributed by atoms with Crippen molar-refractivity contribution in [3.8, 4) is 0 Å². The van der Waals surface area contributed by atoms with Crippen molar-refractivity contribution in [2.75, 3.05) is 5.32 Å². The van der Waals surface area contributed by atoms with Gasteiger partial charge in [-0.3, -0.25) is 9.59 Å². The van der Waals surface area contributed by atoms with Crippen LogP contribution in [0, 0.1) is 0 Å². The zero-order valence-electron chi connectivity index (χ0n) is 9.94. The van der Waals surface area contributed by atoms with Gasteiger partial charge in [0, 0.05) is 22.3 Å². The Balaban J connectivity index is 2.02. The maximum atomic E-state index is 12.2. The third-order valence-electron chi connectivity index (χ3n) is 2.86. The van der Waals surface area contributed by atoms with Gasteiger partial charge in [-0.1, -0.05) is 11.6 Å². The molecule has 0 atom stereocenters. The van der Waals surface area contributed by atoms with E-state index in [1.807, 2.05) is 0 Å². The van der Waals surface area contributed by atoms with E-state index in [9.17, 15) is 9.59 Å². The van der Waals surface area contributed by atoms with Gasteiger partial charge in [-0.15, -0.1) is 11.3 Å². The van der Waals surface area contributed by atoms with Gasteiger partial charge in [-0.2, -0.15) is 0 Å². The number of carbonyl (C=O) groups excluding carboxylic acids is 2. The molecule has 20 heavy (non-hydrogen) atoms. The summed E-state index contributed by atoms with van der Waals surface area (Å²) < 4.78 is 0.874. The first-order valence-electron chi connectivity index (χ1n) is 5.67. The molecule has 1 amide bonds. The van der Waals surface area contributed by atoms with Gasteiger partial charge in [0.1, 0.15) is 0 Å². The molecule has 0 saturated carbocycles. The van der Waals surface area contributed by atoms with Gasteiger partial charge in [0.05, 0.1) is 14.2 Å². The van der Waals surface area contributed by atoms with Gasteiger partial charge in [-0.05, 0) is 46.3 Å². The van der Waals surface area contributed by atoms with Crippen molar-refractivity contribution < 1.29 is 9.59 Å². The third-order valence-corrected chi connectivity index (χ3v) is 4.73. The Hall–Kier alpha value is -1.43. The van der Waals surface area contributed by atoms with Crippen LogP contribution in [-0.4, -0.2) is 11.7 Å². The van der Waals surface area contributed by atoms with Crippen LogP contribution in [0.1, 0.15) is 15.2 Å². The summed E-state index contributed by atoms with van der Waals surface area (Å²) in [6.45, 7) is 0. The molecule has 0 unspecified atom stereocenters. The predicted molar refractivity (Wildman–Crippen MR) is 84.4 cm³/mol. The second-order valence-electron chi connectivity index (χ2n) is 4.17. The third kappa shape index (κ3) is 2.44. The fraction of sp³-hybridized carbons (Fsp3) is 0. The Morgan fingerprint density at radius 2 is 2.10 bits per heavy atom. The number of benzene rings is 1. The van der Waals surface area contributed by atoms with Gasteiger partial charge in [0.25, 0.3) is 5.91 Å². The second-order valence-corrected chi connectivity index (χ2v) is 7.07. The minimum Gasteiger partial charge on any atom is -0.321 e. The Bertz CT molecular complexity index is 766. The average molecular weight is 369 g/mol. The van der Waals surface area contributed by atoms with E-state index >= 15 is 0 Å². The molecule has 1 aliphatic rings. The summed E-state index contributed by atoms with van der Waals surface area (Å²) in [4.78, 5) is 24.7. The lowest BCUT2D eigenvalue weighted by atomic mass is 10.1. The summed E-state index contributed by atoms with van der Waals surface area (Å²) in [6.07, 6.45) is 1.36. The van der Waals surface area contributed by atoms with E-state index in [1.165, 1.54) is 17.4 Å². The number of amides is 1. The largest absolute Gasteiger partial charge is 0.321 e. The van der Waals surface area contributed by atoms with Crippen molar-refractivity contribution in [3.63, 3.8) is 0 Å². The number of allylic oxidation sites excluding steroid dienone is 1. The lowest BCUT2D eigenvalue weighted by Crippen LogP contribution is -2.05. The minimum absolute atomic E-state index is 0.196. The maximum Gasteiger partial charge on any atom is 0.256 e. The van der Waals surface area contributed by atoms with Gasteiger partial charge in [0.15, 0.2) is 5.78 Å². The van der Waals surface area contributed by atoms with Gasteiger partial charge < -0.3 is 5.32 Å². The summed E-state index contributed by atoms with van der Waals surface area (Å²) in [5.41, 5.74) is 1.68. The molecule has 0 bridgehead atoms. The quantitative estimate of drug-likeness (QED) is 0.631. The number of carbonyl (C=O) groups is 2.